The zero-order valence-electron chi connectivity index (χ0n) is 22.1. The molecule has 0 aliphatic carbocycles. The van der Waals surface area contributed by atoms with Crippen LogP contribution in [0.4, 0.5) is 5.69 Å². The molecule has 0 saturated heterocycles. The van der Waals surface area contributed by atoms with Crippen molar-refractivity contribution < 1.29 is 18.0 Å². The summed E-state index contributed by atoms with van der Waals surface area (Å²) in [5, 5.41) is 3.49. The van der Waals surface area contributed by atoms with Gasteiger partial charge in [-0.15, -0.1) is 0 Å². The van der Waals surface area contributed by atoms with Crippen LogP contribution in [0.5, 0.6) is 0 Å². The molecular formula is C29H34ClN3O4S. The summed E-state index contributed by atoms with van der Waals surface area (Å²) >= 11 is 6.22. The molecule has 3 aromatic rings. The van der Waals surface area contributed by atoms with Crippen LogP contribution in [0.15, 0.2) is 84.9 Å². The first-order valence-electron chi connectivity index (χ1n) is 12.3. The highest BCUT2D eigenvalue weighted by atomic mass is 35.5. The van der Waals surface area contributed by atoms with Gasteiger partial charge in [-0.2, -0.15) is 0 Å². The van der Waals surface area contributed by atoms with E-state index in [4.69, 9.17) is 11.6 Å². The third-order valence-corrected chi connectivity index (χ3v) is 7.11. The Hall–Kier alpha value is -3.36. The fourth-order valence-corrected chi connectivity index (χ4v) is 5.11. The van der Waals surface area contributed by atoms with Crippen molar-refractivity contribution in [2.75, 3.05) is 17.1 Å². The van der Waals surface area contributed by atoms with Crippen molar-refractivity contribution >= 4 is 39.1 Å². The van der Waals surface area contributed by atoms with Gasteiger partial charge in [-0.05, 0) is 56.2 Å². The molecule has 202 valence electrons. The fraction of sp³-hybridized carbons (Fsp3) is 0.310. The largest absolute Gasteiger partial charge is 0.350 e. The van der Waals surface area contributed by atoms with Crippen molar-refractivity contribution in [3.63, 3.8) is 0 Å². The first-order chi connectivity index (χ1) is 17.8. The number of hydrogen-bond acceptors (Lipinski definition) is 4. The molecule has 0 heterocycles. The van der Waals surface area contributed by atoms with Crippen LogP contribution in [0, 0.1) is 0 Å². The number of nitrogens with zero attached hydrogens (tertiary/aromatic N) is 2. The molecule has 7 nitrogen and oxygen atoms in total. The van der Waals surface area contributed by atoms with Crippen molar-refractivity contribution in [3.05, 3.63) is 101 Å². The van der Waals surface area contributed by atoms with E-state index in [0.29, 0.717) is 10.7 Å². The third-order valence-electron chi connectivity index (χ3n) is 5.73. The van der Waals surface area contributed by atoms with Crippen molar-refractivity contribution in [2.24, 2.45) is 0 Å². The minimum Gasteiger partial charge on any atom is -0.350 e. The number of rotatable bonds is 10. The zero-order chi connectivity index (χ0) is 27.9. The van der Waals surface area contributed by atoms with Crippen LogP contribution in [0.2, 0.25) is 5.02 Å². The molecule has 0 bridgehead atoms. The number of carbonyl (C=O) groups is 2. The second-order valence-corrected chi connectivity index (χ2v) is 12.5. The highest BCUT2D eigenvalue weighted by Gasteiger charge is 2.34. The Morgan fingerprint density at radius 3 is 2.03 bits per heavy atom. The monoisotopic (exact) mass is 555 g/mol. The van der Waals surface area contributed by atoms with Gasteiger partial charge in [0.05, 0.1) is 11.9 Å². The molecule has 0 fully saturated rings. The normalized spacial score (nSPS) is 12.4. The van der Waals surface area contributed by atoms with Crippen LogP contribution in [0.1, 0.15) is 31.9 Å². The molecule has 0 aliphatic rings. The SMILES string of the molecule is CC(C)(C)NC(=O)[C@H](Cc1ccccc1)N(Cc1cccc(Cl)c1)C(=O)CN(c1ccccc1)S(C)(=O)=O. The Labute approximate surface area is 230 Å². The molecule has 3 aromatic carbocycles. The summed E-state index contributed by atoms with van der Waals surface area (Å²) in [7, 11) is -3.80. The summed E-state index contributed by atoms with van der Waals surface area (Å²) in [5.74, 6) is -0.841. The third kappa shape index (κ3) is 8.60. The molecule has 2 amide bonds. The lowest BCUT2D eigenvalue weighted by atomic mass is 10.0. The number of carbonyl (C=O) groups excluding carboxylic acids is 2. The lowest BCUT2D eigenvalue weighted by Gasteiger charge is -2.35. The van der Waals surface area contributed by atoms with Crippen molar-refractivity contribution in [2.45, 2.75) is 45.3 Å². The van der Waals surface area contributed by atoms with Crippen LogP contribution >= 0.6 is 11.6 Å². The average Bonchev–Trinajstić information content (AvgIpc) is 2.84. The van der Waals surface area contributed by atoms with Gasteiger partial charge in [-0.3, -0.25) is 13.9 Å². The predicted octanol–water partition coefficient (Wildman–Crippen LogP) is 4.66. The first-order valence-corrected chi connectivity index (χ1v) is 14.5. The molecule has 0 radical (unpaired) electrons. The zero-order valence-corrected chi connectivity index (χ0v) is 23.7. The summed E-state index contributed by atoms with van der Waals surface area (Å²) < 4.78 is 26.5. The van der Waals surface area contributed by atoms with Gasteiger partial charge in [0.15, 0.2) is 0 Å². The number of amides is 2. The summed E-state index contributed by atoms with van der Waals surface area (Å²) in [6, 6.07) is 24.0. The second kappa shape index (κ2) is 12.5. The lowest BCUT2D eigenvalue weighted by molar-refractivity contribution is -0.140. The van der Waals surface area contributed by atoms with Crippen LogP contribution < -0.4 is 9.62 Å². The van der Waals surface area contributed by atoms with Gasteiger partial charge in [-0.25, -0.2) is 8.42 Å². The predicted molar refractivity (Wildman–Crippen MR) is 152 cm³/mol. The molecule has 0 unspecified atom stereocenters. The Morgan fingerprint density at radius 2 is 1.47 bits per heavy atom. The van der Waals surface area contributed by atoms with Gasteiger partial charge in [0, 0.05) is 23.5 Å². The molecule has 38 heavy (non-hydrogen) atoms. The smallest absolute Gasteiger partial charge is 0.244 e. The van der Waals surface area contributed by atoms with Crippen LogP contribution in [-0.4, -0.2) is 49.5 Å². The van der Waals surface area contributed by atoms with Gasteiger partial charge < -0.3 is 10.2 Å². The summed E-state index contributed by atoms with van der Waals surface area (Å²) in [4.78, 5) is 29.1. The van der Waals surface area contributed by atoms with Crippen LogP contribution in [-0.2, 0) is 32.6 Å². The van der Waals surface area contributed by atoms with Gasteiger partial charge >= 0.3 is 0 Å². The van der Waals surface area contributed by atoms with E-state index >= 15 is 0 Å². The van der Waals surface area contributed by atoms with E-state index in [0.717, 1.165) is 21.7 Å². The number of hydrogen-bond donors (Lipinski definition) is 1. The maximum absolute atomic E-state index is 14.0. The quantitative estimate of drug-likeness (QED) is 0.394. The number of halogens is 1. The second-order valence-electron chi connectivity index (χ2n) is 10.2. The highest BCUT2D eigenvalue weighted by Crippen LogP contribution is 2.21. The van der Waals surface area contributed by atoms with E-state index in [1.54, 1.807) is 48.5 Å². The van der Waals surface area contributed by atoms with E-state index in [9.17, 15) is 18.0 Å². The Kier molecular flexibility index (Phi) is 9.57. The fourth-order valence-electron chi connectivity index (χ4n) is 4.05. The molecule has 3 rings (SSSR count). The van der Waals surface area contributed by atoms with Crippen molar-refractivity contribution in [3.8, 4) is 0 Å². The minimum absolute atomic E-state index is 0.0703. The molecule has 0 aromatic heterocycles. The van der Waals surface area contributed by atoms with E-state index in [1.807, 2.05) is 57.2 Å². The van der Waals surface area contributed by atoms with E-state index in [2.05, 4.69) is 5.32 Å². The molecule has 1 atom stereocenters. The Balaban J connectivity index is 2.06. The van der Waals surface area contributed by atoms with Gasteiger partial charge in [-0.1, -0.05) is 72.3 Å². The van der Waals surface area contributed by atoms with E-state index in [1.165, 1.54) is 4.90 Å². The van der Waals surface area contributed by atoms with Crippen LogP contribution in [0.3, 0.4) is 0 Å². The lowest BCUT2D eigenvalue weighted by Crippen LogP contribution is -2.56. The maximum atomic E-state index is 14.0. The molecule has 0 aliphatic heterocycles. The highest BCUT2D eigenvalue weighted by molar-refractivity contribution is 7.92. The number of para-hydroxylation sites is 1. The summed E-state index contributed by atoms with van der Waals surface area (Å²) in [6.07, 6.45) is 1.31. The summed E-state index contributed by atoms with van der Waals surface area (Å²) in [6.45, 7) is 5.22. The van der Waals surface area contributed by atoms with Gasteiger partial charge in [0.25, 0.3) is 0 Å². The van der Waals surface area contributed by atoms with E-state index in [-0.39, 0.29) is 18.9 Å². The van der Waals surface area contributed by atoms with Crippen molar-refractivity contribution in [1.82, 2.24) is 10.2 Å². The molecule has 1 N–H and O–H groups in total. The molecule has 9 heteroatoms. The first kappa shape index (κ1) is 29.2. The van der Waals surface area contributed by atoms with Crippen LogP contribution in [0.25, 0.3) is 0 Å². The number of nitrogens with one attached hydrogen (secondary N) is 1. The van der Waals surface area contributed by atoms with E-state index < -0.39 is 34.1 Å². The Bertz CT molecular complexity index is 1340. The summed E-state index contributed by atoms with van der Waals surface area (Å²) in [5.41, 5.74) is 1.41. The standard InChI is InChI=1S/C29H34ClN3O4S/c1-29(2,3)31-28(35)26(19-22-12-7-5-8-13-22)32(20-23-14-11-15-24(30)18-23)27(34)21-33(38(4,36)37)25-16-9-6-10-17-25/h5-18,26H,19-21H2,1-4H3,(H,31,35)/t26-/m0/s1. The molecule has 0 saturated carbocycles. The van der Waals surface area contributed by atoms with Gasteiger partial charge in [0.2, 0.25) is 21.8 Å². The molecular weight excluding hydrogens is 522 g/mol. The maximum Gasteiger partial charge on any atom is 0.244 e. The topological polar surface area (TPSA) is 86.8 Å². The number of benzene rings is 3. The number of anilines is 1. The van der Waals surface area contributed by atoms with Gasteiger partial charge in [0.1, 0.15) is 12.6 Å². The Morgan fingerprint density at radius 1 is 0.895 bits per heavy atom. The van der Waals surface area contributed by atoms with Crippen molar-refractivity contribution in [1.29, 1.82) is 0 Å². The average molecular weight is 556 g/mol. The number of sulfonamides is 1. The molecule has 0 spiro atoms. The minimum atomic E-state index is -3.80.